The van der Waals surface area contributed by atoms with Gasteiger partial charge in [-0.1, -0.05) is 24.3 Å². The van der Waals surface area contributed by atoms with Gasteiger partial charge in [0.05, 0.1) is 11.3 Å². The van der Waals surface area contributed by atoms with Crippen molar-refractivity contribution in [3.63, 3.8) is 0 Å². The Morgan fingerprint density at radius 3 is 2.69 bits per heavy atom. The number of aromatic nitrogens is 4. The van der Waals surface area contributed by atoms with Crippen molar-refractivity contribution in [2.24, 2.45) is 0 Å². The van der Waals surface area contributed by atoms with Gasteiger partial charge >= 0.3 is 0 Å². The zero-order chi connectivity index (χ0) is 20.5. The lowest BCUT2D eigenvalue weighted by Crippen LogP contribution is -2.36. The summed E-state index contributed by atoms with van der Waals surface area (Å²) in [5, 5.41) is 4.58. The van der Waals surface area contributed by atoms with Crippen LogP contribution in [-0.2, 0) is 24.3 Å². The van der Waals surface area contributed by atoms with Gasteiger partial charge in [0.15, 0.2) is 0 Å². The van der Waals surface area contributed by atoms with E-state index in [4.69, 9.17) is 0 Å². The van der Waals surface area contributed by atoms with Crippen LogP contribution in [0.4, 0.5) is 0 Å². The average Bonchev–Trinajstić information content (AvgIpc) is 2.98. The number of benzene rings is 1. The Bertz CT molecular complexity index is 1130. The van der Waals surface area contributed by atoms with Crippen molar-refractivity contribution in [1.82, 2.24) is 24.6 Å². The first kappa shape index (κ1) is 19.1. The second-order valence-corrected chi connectivity index (χ2v) is 7.59. The van der Waals surface area contributed by atoms with Gasteiger partial charge in [0, 0.05) is 43.5 Å². The molecule has 0 saturated carbocycles. The van der Waals surface area contributed by atoms with Crippen LogP contribution in [0.25, 0.3) is 11.4 Å². The van der Waals surface area contributed by atoms with E-state index < -0.39 is 0 Å². The first-order valence-corrected chi connectivity index (χ1v) is 9.89. The maximum absolute atomic E-state index is 12.8. The Morgan fingerprint density at radius 2 is 1.93 bits per heavy atom. The van der Waals surface area contributed by atoms with Gasteiger partial charge in [0.2, 0.25) is 5.91 Å². The zero-order valence-electron chi connectivity index (χ0n) is 17.0. The van der Waals surface area contributed by atoms with Crippen molar-refractivity contribution >= 4 is 5.91 Å². The number of fused-ring (bicyclic) bond motifs is 1. The molecule has 0 bridgehead atoms. The van der Waals surface area contributed by atoms with Gasteiger partial charge in [-0.15, -0.1) is 0 Å². The summed E-state index contributed by atoms with van der Waals surface area (Å²) in [6.07, 6.45) is 1.29. The number of hydrogen-bond donors (Lipinski definition) is 1. The van der Waals surface area contributed by atoms with Crippen LogP contribution in [0.3, 0.4) is 0 Å². The monoisotopic (exact) mass is 391 g/mol. The largest absolute Gasteiger partial charge is 0.338 e. The van der Waals surface area contributed by atoms with Crippen LogP contribution in [0.2, 0.25) is 0 Å². The molecule has 0 aliphatic carbocycles. The standard InChI is InChI=1S/C22H25N5O2/c1-14-12-19(28)24-22(23-14)21-15(2)25-27(16(21)3)11-9-20(29)26-10-8-17-6-4-5-7-18(17)13-26/h4-7,12H,8-11,13H2,1-3H3,(H,23,24,28). The molecule has 150 valence electrons. The minimum atomic E-state index is -0.181. The van der Waals surface area contributed by atoms with Gasteiger partial charge in [-0.25, -0.2) is 4.98 Å². The second kappa shape index (κ2) is 7.66. The first-order valence-electron chi connectivity index (χ1n) is 9.89. The molecular formula is C22H25N5O2. The lowest BCUT2D eigenvalue weighted by atomic mass is 10.00. The van der Waals surface area contributed by atoms with E-state index >= 15 is 0 Å². The predicted octanol–water partition coefficient (Wildman–Crippen LogP) is 2.53. The molecule has 3 aromatic rings. The third kappa shape index (κ3) is 3.85. The molecule has 0 radical (unpaired) electrons. The number of carbonyl (C=O) groups is 1. The summed E-state index contributed by atoms with van der Waals surface area (Å²) < 4.78 is 1.84. The molecule has 0 fully saturated rings. The molecule has 1 aromatic carbocycles. The Labute approximate surface area is 169 Å². The van der Waals surface area contributed by atoms with Gasteiger partial charge in [0.25, 0.3) is 5.56 Å². The van der Waals surface area contributed by atoms with E-state index in [1.54, 1.807) is 6.92 Å². The zero-order valence-corrected chi connectivity index (χ0v) is 17.0. The van der Waals surface area contributed by atoms with Crippen molar-refractivity contribution in [3.05, 3.63) is 68.9 Å². The maximum atomic E-state index is 12.8. The third-order valence-electron chi connectivity index (χ3n) is 5.51. The number of rotatable bonds is 4. The molecule has 1 amide bonds. The number of amides is 1. The molecule has 1 aliphatic rings. The van der Waals surface area contributed by atoms with Crippen LogP contribution in [0.15, 0.2) is 35.1 Å². The number of aromatic amines is 1. The van der Waals surface area contributed by atoms with Crippen molar-refractivity contribution in [2.45, 2.75) is 46.7 Å². The first-order chi connectivity index (χ1) is 13.9. The Kier molecular flexibility index (Phi) is 5.05. The van der Waals surface area contributed by atoms with Gasteiger partial charge in [-0.2, -0.15) is 5.10 Å². The smallest absolute Gasteiger partial charge is 0.251 e. The fourth-order valence-corrected chi connectivity index (χ4v) is 4.02. The molecule has 7 nitrogen and oxygen atoms in total. The Morgan fingerprint density at radius 1 is 1.17 bits per heavy atom. The number of nitrogens with zero attached hydrogens (tertiary/aromatic N) is 4. The van der Waals surface area contributed by atoms with E-state index in [0.717, 1.165) is 29.9 Å². The predicted molar refractivity (Wildman–Crippen MR) is 110 cm³/mol. The number of aryl methyl sites for hydroxylation is 3. The highest BCUT2D eigenvalue weighted by atomic mass is 16.2. The summed E-state index contributed by atoms with van der Waals surface area (Å²) in [6, 6.07) is 9.77. The fourth-order valence-electron chi connectivity index (χ4n) is 4.02. The molecular weight excluding hydrogens is 366 g/mol. The molecule has 0 saturated heterocycles. The van der Waals surface area contributed by atoms with Crippen LogP contribution in [0, 0.1) is 20.8 Å². The SMILES string of the molecule is Cc1cc(=O)[nH]c(-c2c(C)nn(CCC(=O)N3CCc4ccccc4C3)c2C)n1. The van der Waals surface area contributed by atoms with Crippen LogP contribution in [0.1, 0.15) is 34.6 Å². The Hall–Kier alpha value is -3.22. The van der Waals surface area contributed by atoms with Crippen molar-refractivity contribution < 1.29 is 4.79 Å². The molecule has 7 heteroatoms. The molecule has 29 heavy (non-hydrogen) atoms. The molecule has 0 atom stereocenters. The van der Waals surface area contributed by atoms with Crippen LogP contribution in [-0.4, -0.2) is 37.1 Å². The van der Waals surface area contributed by atoms with Crippen LogP contribution >= 0.6 is 0 Å². The lowest BCUT2D eigenvalue weighted by molar-refractivity contribution is -0.132. The minimum absolute atomic E-state index is 0.135. The van der Waals surface area contributed by atoms with Crippen molar-refractivity contribution in [2.75, 3.05) is 6.54 Å². The highest BCUT2D eigenvalue weighted by Crippen LogP contribution is 2.24. The van der Waals surface area contributed by atoms with E-state index in [9.17, 15) is 9.59 Å². The quantitative estimate of drug-likeness (QED) is 0.741. The van der Waals surface area contributed by atoms with E-state index in [2.05, 4.69) is 27.2 Å². The second-order valence-electron chi connectivity index (χ2n) is 7.59. The van der Waals surface area contributed by atoms with E-state index in [0.29, 0.717) is 31.0 Å². The number of H-pyrrole nitrogens is 1. The van der Waals surface area contributed by atoms with Crippen molar-refractivity contribution in [3.8, 4) is 11.4 Å². The lowest BCUT2D eigenvalue weighted by Gasteiger charge is -2.29. The van der Waals surface area contributed by atoms with Gasteiger partial charge in [-0.05, 0) is 38.3 Å². The van der Waals surface area contributed by atoms with Crippen LogP contribution < -0.4 is 5.56 Å². The molecule has 0 unspecified atom stereocenters. The minimum Gasteiger partial charge on any atom is -0.338 e. The average molecular weight is 391 g/mol. The van der Waals surface area contributed by atoms with E-state index in [1.807, 2.05) is 35.6 Å². The summed E-state index contributed by atoms with van der Waals surface area (Å²) in [5.74, 6) is 0.658. The molecule has 0 spiro atoms. The summed E-state index contributed by atoms with van der Waals surface area (Å²) in [4.78, 5) is 33.7. The number of carbonyl (C=O) groups excluding carboxylic acids is 1. The molecule has 4 rings (SSSR count). The Balaban J connectivity index is 1.48. The summed E-state index contributed by atoms with van der Waals surface area (Å²) in [7, 11) is 0. The van der Waals surface area contributed by atoms with Crippen molar-refractivity contribution in [1.29, 1.82) is 0 Å². The highest BCUT2D eigenvalue weighted by molar-refractivity contribution is 5.76. The van der Waals surface area contributed by atoms with Crippen LogP contribution in [0.5, 0.6) is 0 Å². The molecule has 3 heterocycles. The fraction of sp³-hybridized carbons (Fsp3) is 0.364. The summed E-state index contributed by atoms with van der Waals surface area (Å²) >= 11 is 0. The topological polar surface area (TPSA) is 83.9 Å². The molecule has 1 N–H and O–H groups in total. The normalized spacial score (nSPS) is 13.4. The summed E-state index contributed by atoms with van der Waals surface area (Å²) in [6.45, 7) is 7.56. The number of nitrogens with one attached hydrogen (secondary N) is 1. The van der Waals surface area contributed by atoms with Gasteiger partial charge in [0.1, 0.15) is 5.82 Å². The number of hydrogen-bond acceptors (Lipinski definition) is 4. The van der Waals surface area contributed by atoms with Gasteiger partial charge in [-0.3, -0.25) is 14.3 Å². The van der Waals surface area contributed by atoms with E-state index in [-0.39, 0.29) is 11.5 Å². The third-order valence-corrected chi connectivity index (χ3v) is 5.51. The molecule has 1 aliphatic heterocycles. The highest BCUT2D eigenvalue weighted by Gasteiger charge is 2.21. The maximum Gasteiger partial charge on any atom is 0.251 e. The summed E-state index contributed by atoms with van der Waals surface area (Å²) in [5.41, 5.74) is 5.55. The van der Waals surface area contributed by atoms with E-state index in [1.165, 1.54) is 17.2 Å². The molecule has 2 aromatic heterocycles. The van der Waals surface area contributed by atoms with Gasteiger partial charge < -0.3 is 9.88 Å².